The SMILES string of the molecule is COc1cc2c(c(N(C)CCCN(C)C(=O)OC(C)(C)C)c1OCc1ccccc1)CCNC2/C=C/c1cc2c(cc1C)OCO2. The molecule has 246 valence electrons. The zero-order valence-corrected chi connectivity index (χ0v) is 28.1. The molecule has 3 aromatic rings. The molecule has 0 aliphatic carbocycles. The van der Waals surface area contributed by atoms with Crippen molar-refractivity contribution >= 4 is 17.9 Å². The minimum Gasteiger partial charge on any atom is -0.493 e. The molecule has 5 rings (SSSR count). The second-order valence-electron chi connectivity index (χ2n) is 12.9. The highest BCUT2D eigenvalue weighted by Crippen LogP contribution is 2.46. The van der Waals surface area contributed by atoms with E-state index in [1.54, 1.807) is 19.1 Å². The molecule has 2 heterocycles. The summed E-state index contributed by atoms with van der Waals surface area (Å²) in [7, 11) is 5.55. The van der Waals surface area contributed by atoms with Crippen LogP contribution in [0.2, 0.25) is 0 Å². The molecule has 9 nitrogen and oxygen atoms in total. The molecular formula is C37H47N3O6. The quantitative estimate of drug-likeness (QED) is 0.245. The highest BCUT2D eigenvalue weighted by Gasteiger charge is 2.29. The van der Waals surface area contributed by atoms with Gasteiger partial charge in [-0.25, -0.2) is 4.79 Å². The zero-order chi connectivity index (χ0) is 32.8. The van der Waals surface area contributed by atoms with E-state index < -0.39 is 5.60 Å². The summed E-state index contributed by atoms with van der Waals surface area (Å²) < 4.78 is 29.3. The van der Waals surface area contributed by atoms with E-state index in [4.69, 9.17) is 23.7 Å². The van der Waals surface area contributed by atoms with Crippen molar-refractivity contribution in [1.82, 2.24) is 10.2 Å². The van der Waals surface area contributed by atoms with Gasteiger partial charge in [0.1, 0.15) is 12.2 Å². The standard InChI is InChI=1S/C37H47N3O6/c1-25-20-31-32(45-24-44-31)21-27(25)14-15-30-29-22-33(42-7)35(43-23-26-12-9-8-10-13-26)34(28(29)16-17-38-30)39(5)18-11-19-40(6)36(41)46-37(2,3)4/h8-10,12-15,20-22,30,38H,11,16-19,23-24H2,1-7H3/b15-14+. The Morgan fingerprint density at radius 2 is 1.80 bits per heavy atom. The molecule has 1 unspecified atom stereocenters. The fraction of sp³-hybridized carbons (Fsp3) is 0.432. The molecule has 0 fully saturated rings. The molecule has 2 aliphatic heterocycles. The van der Waals surface area contributed by atoms with Gasteiger partial charge >= 0.3 is 6.09 Å². The highest BCUT2D eigenvalue weighted by molar-refractivity contribution is 5.73. The fourth-order valence-corrected chi connectivity index (χ4v) is 5.81. The van der Waals surface area contributed by atoms with Gasteiger partial charge in [0.05, 0.1) is 18.8 Å². The van der Waals surface area contributed by atoms with Crippen molar-refractivity contribution in [1.29, 1.82) is 0 Å². The number of anilines is 1. The number of methoxy groups -OCH3 is 1. The maximum Gasteiger partial charge on any atom is 0.410 e. The van der Waals surface area contributed by atoms with E-state index in [-0.39, 0.29) is 18.9 Å². The van der Waals surface area contributed by atoms with Gasteiger partial charge in [-0.1, -0.05) is 42.5 Å². The Balaban J connectivity index is 1.44. The predicted octanol–water partition coefficient (Wildman–Crippen LogP) is 6.90. The van der Waals surface area contributed by atoms with Crippen molar-refractivity contribution in [3.8, 4) is 23.0 Å². The number of fused-ring (bicyclic) bond motifs is 2. The normalized spacial score (nSPS) is 15.4. The van der Waals surface area contributed by atoms with E-state index in [1.807, 2.05) is 51.1 Å². The molecule has 1 atom stereocenters. The van der Waals surface area contributed by atoms with Gasteiger partial charge in [0.15, 0.2) is 23.0 Å². The summed E-state index contributed by atoms with van der Waals surface area (Å²) >= 11 is 0. The first-order chi connectivity index (χ1) is 22.0. The number of rotatable bonds is 11. The van der Waals surface area contributed by atoms with Crippen LogP contribution in [0.4, 0.5) is 10.5 Å². The van der Waals surface area contributed by atoms with Crippen LogP contribution in [0.25, 0.3) is 6.08 Å². The summed E-state index contributed by atoms with van der Waals surface area (Å²) in [5, 5.41) is 3.69. The van der Waals surface area contributed by atoms with Crippen LogP contribution in [-0.2, 0) is 17.8 Å². The summed E-state index contributed by atoms with van der Waals surface area (Å²) in [6.45, 7) is 10.5. The van der Waals surface area contributed by atoms with Gasteiger partial charge in [-0.3, -0.25) is 0 Å². The molecule has 46 heavy (non-hydrogen) atoms. The number of ether oxygens (including phenoxy) is 5. The lowest BCUT2D eigenvalue weighted by Crippen LogP contribution is -2.36. The average Bonchev–Trinajstić information content (AvgIpc) is 3.48. The van der Waals surface area contributed by atoms with Crippen LogP contribution in [0.3, 0.4) is 0 Å². The van der Waals surface area contributed by atoms with Crippen molar-refractivity contribution in [2.24, 2.45) is 0 Å². The Bertz CT molecular complexity index is 1550. The molecule has 9 heteroatoms. The van der Waals surface area contributed by atoms with Gasteiger partial charge in [0, 0.05) is 33.7 Å². The van der Waals surface area contributed by atoms with Crippen LogP contribution in [0, 0.1) is 6.92 Å². The van der Waals surface area contributed by atoms with Gasteiger partial charge < -0.3 is 38.8 Å². The average molecular weight is 630 g/mol. The highest BCUT2D eigenvalue weighted by atomic mass is 16.7. The second kappa shape index (κ2) is 14.4. The first-order valence-electron chi connectivity index (χ1n) is 15.9. The molecule has 0 radical (unpaired) electrons. The van der Waals surface area contributed by atoms with Gasteiger partial charge in [0.25, 0.3) is 0 Å². The number of amides is 1. The lowest BCUT2D eigenvalue weighted by atomic mass is 9.90. The number of hydrogen-bond donors (Lipinski definition) is 1. The van der Waals surface area contributed by atoms with Crippen molar-refractivity contribution < 1.29 is 28.5 Å². The smallest absolute Gasteiger partial charge is 0.410 e. The van der Waals surface area contributed by atoms with Crippen LogP contribution in [0.1, 0.15) is 61.1 Å². The van der Waals surface area contributed by atoms with E-state index in [2.05, 4.69) is 54.5 Å². The number of hydrogen-bond acceptors (Lipinski definition) is 8. The third kappa shape index (κ3) is 7.88. The topological polar surface area (TPSA) is 81.7 Å². The Kier molecular flexibility index (Phi) is 10.3. The molecule has 1 N–H and O–H groups in total. The lowest BCUT2D eigenvalue weighted by Gasteiger charge is -2.33. The molecular weight excluding hydrogens is 582 g/mol. The van der Waals surface area contributed by atoms with Gasteiger partial charge in [-0.2, -0.15) is 0 Å². The first kappa shape index (κ1) is 33.0. The summed E-state index contributed by atoms with van der Waals surface area (Å²) in [6, 6.07) is 16.3. The van der Waals surface area contributed by atoms with Crippen molar-refractivity contribution in [2.45, 2.75) is 58.8 Å². The Labute approximate surface area is 273 Å². The van der Waals surface area contributed by atoms with Crippen LogP contribution >= 0.6 is 0 Å². The minimum absolute atomic E-state index is 0.0314. The lowest BCUT2D eigenvalue weighted by molar-refractivity contribution is 0.0298. The molecule has 3 aromatic carbocycles. The van der Waals surface area contributed by atoms with Crippen LogP contribution in [0.15, 0.2) is 54.6 Å². The molecule has 0 saturated heterocycles. The zero-order valence-electron chi connectivity index (χ0n) is 28.1. The fourth-order valence-electron chi connectivity index (χ4n) is 5.81. The number of aryl methyl sites for hydroxylation is 1. The Morgan fingerprint density at radius 1 is 1.07 bits per heavy atom. The van der Waals surface area contributed by atoms with Gasteiger partial charge in [0.2, 0.25) is 6.79 Å². The number of benzene rings is 3. The number of nitrogens with one attached hydrogen (secondary N) is 1. The molecule has 0 saturated carbocycles. The number of nitrogens with zero attached hydrogens (tertiary/aromatic N) is 2. The van der Waals surface area contributed by atoms with Gasteiger partial charge in [-0.15, -0.1) is 0 Å². The van der Waals surface area contributed by atoms with E-state index in [0.717, 1.165) is 64.6 Å². The largest absolute Gasteiger partial charge is 0.493 e. The Morgan fingerprint density at radius 3 is 2.52 bits per heavy atom. The van der Waals surface area contributed by atoms with Gasteiger partial charge in [-0.05, 0) is 86.6 Å². The second-order valence-corrected chi connectivity index (χ2v) is 12.9. The van der Waals surface area contributed by atoms with E-state index in [0.29, 0.717) is 25.4 Å². The third-order valence-corrected chi connectivity index (χ3v) is 8.18. The summed E-state index contributed by atoms with van der Waals surface area (Å²) in [5.74, 6) is 2.96. The van der Waals surface area contributed by atoms with Crippen LogP contribution in [0.5, 0.6) is 23.0 Å². The van der Waals surface area contributed by atoms with Crippen molar-refractivity contribution in [2.75, 3.05) is 52.5 Å². The summed E-state index contributed by atoms with van der Waals surface area (Å²) in [4.78, 5) is 16.4. The minimum atomic E-state index is -0.534. The third-order valence-electron chi connectivity index (χ3n) is 8.18. The number of carbonyl (C=O) groups is 1. The molecule has 0 spiro atoms. The van der Waals surface area contributed by atoms with E-state index in [9.17, 15) is 4.79 Å². The maximum atomic E-state index is 12.6. The first-order valence-corrected chi connectivity index (χ1v) is 15.9. The van der Waals surface area contributed by atoms with Crippen molar-refractivity contribution in [3.63, 3.8) is 0 Å². The molecule has 2 aliphatic rings. The molecule has 0 aromatic heterocycles. The van der Waals surface area contributed by atoms with E-state index in [1.165, 1.54) is 5.56 Å². The van der Waals surface area contributed by atoms with E-state index >= 15 is 0 Å². The summed E-state index contributed by atoms with van der Waals surface area (Å²) in [6.07, 6.45) is 5.62. The number of carbonyl (C=O) groups excluding carboxylic acids is 1. The Hall–Kier alpha value is -4.37. The van der Waals surface area contributed by atoms with Crippen LogP contribution < -0.4 is 29.2 Å². The maximum absolute atomic E-state index is 12.6. The van der Waals surface area contributed by atoms with Crippen molar-refractivity contribution in [3.05, 3.63) is 82.4 Å². The predicted molar refractivity (Wildman–Crippen MR) is 181 cm³/mol. The molecule has 1 amide bonds. The molecule has 0 bridgehead atoms. The summed E-state index contributed by atoms with van der Waals surface area (Å²) in [5.41, 5.74) is 6.14. The monoisotopic (exact) mass is 629 g/mol. The van der Waals surface area contributed by atoms with Crippen LogP contribution in [-0.4, -0.2) is 64.2 Å².